The fourth-order valence-electron chi connectivity index (χ4n) is 7.11. The van der Waals surface area contributed by atoms with E-state index in [0.29, 0.717) is 5.92 Å². The number of furan rings is 2. The summed E-state index contributed by atoms with van der Waals surface area (Å²) in [5, 5.41) is 13.6. The quantitative estimate of drug-likeness (QED) is 0.0796. The standard InChI is InChI=1S/C34H32NO2.C15H28O2.Ir/c1-20(2)15-23-11-12-26(27-13-14-36-32(23)27)28-19-30(35-31-16-21(3)37-33(28)31)24-17-22-9-7-8-10-25(22)29(18-24)34(4,5)6;1-7-14(5,8-2)12(16)11-13(17)15(6,9-3)10-4;/h7-14,16,18-20H,15H2,1-6H3;11,16H,7-10H2,1-6H3;/q-1;;/b;12-11-;. The van der Waals surface area contributed by atoms with Crippen LogP contribution < -0.4 is 0 Å². The van der Waals surface area contributed by atoms with Crippen molar-refractivity contribution in [3.05, 3.63) is 102 Å². The Labute approximate surface area is 342 Å². The average molecular weight is 919 g/mol. The van der Waals surface area contributed by atoms with Gasteiger partial charge in [0, 0.05) is 59.7 Å². The summed E-state index contributed by atoms with van der Waals surface area (Å²) in [5.74, 6) is 1.68. The molecule has 0 aliphatic carbocycles. The Bertz CT molecular complexity index is 2290. The van der Waals surface area contributed by atoms with Gasteiger partial charge in [0.25, 0.3) is 0 Å². The van der Waals surface area contributed by atoms with Crippen LogP contribution in [0.1, 0.15) is 119 Å². The Morgan fingerprint density at radius 1 is 0.836 bits per heavy atom. The molecule has 3 heterocycles. The first-order chi connectivity index (χ1) is 25.5. The second kappa shape index (κ2) is 17.4. The second-order valence-electron chi connectivity index (χ2n) is 17.0. The third-order valence-electron chi connectivity index (χ3n) is 11.7. The topological polar surface area (TPSA) is 76.5 Å². The van der Waals surface area contributed by atoms with Crippen LogP contribution in [0.3, 0.4) is 0 Å². The van der Waals surface area contributed by atoms with Crippen LogP contribution in [0, 0.1) is 29.7 Å². The predicted molar refractivity (Wildman–Crippen MR) is 226 cm³/mol. The molecule has 0 spiro atoms. The first-order valence-electron chi connectivity index (χ1n) is 19.8. The maximum atomic E-state index is 12.2. The van der Waals surface area contributed by atoms with E-state index in [-0.39, 0.29) is 47.9 Å². The number of carbonyl (C=O) groups excluding carboxylic acids is 1. The smallest absolute Gasteiger partial charge is 0.164 e. The number of carbonyl (C=O) groups is 1. The van der Waals surface area contributed by atoms with Gasteiger partial charge in [-0.25, -0.2) is 0 Å². The minimum atomic E-state index is -0.337. The predicted octanol–water partition coefficient (Wildman–Crippen LogP) is 14.3. The van der Waals surface area contributed by atoms with E-state index >= 15 is 0 Å². The third kappa shape index (κ3) is 9.19. The number of aromatic nitrogens is 1. The van der Waals surface area contributed by atoms with Crippen LogP contribution in [0.2, 0.25) is 0 Å². The summed E-state index contributed by atoms with van der Waals surface area (Å²) < 4.78 is 12.2. The molecule has 0 bridgehead atoms. The molecule has 0 aliphatic rings. The molecule has 6 rings (SSSR count). The zero-order valence-electron chi connectivity index (χ0n) is 35.0. The number of hydrogen-bond acceptors (Lipinski definition) is 5. The van der Waals surface area contributed by atoms with Crippen LogP contribution in [-0.4, -0.2) is 15.9 Å². The van der Waals surface area contributed by atoms with Crippen molar-refractivity contribution in [1.29, 1.82) is 0 Å². The van der Waals surface area contributed by atoms with Gasteiger partial charge in [-0.15, -0.1) is 29.1 Å². The van der Waals surface area contributed by atoms with Crippen molar-refractivity contribution >= 4 is 38.6 Å². The van der Waals surface area contributed by atoms with E-state index in [4.69, 9.17) is 13.8 Å². The number of aliphatic hydroxyl groups excluding tert-OH is 1. The zero-order chi connectivity index (χ0) is 39.6. The van der Waals surface area contributed by atoms with E-state index in [9.17, 15) is 9.90 Å². The molecule has 0 atom stereocenters. The van der Waals surface area contributed by atoms with Crippen molar-refractivity contribution in [2.75, 3.05) is 0 Å². The molecule has 0 saturated heterocycles. The van der Waals surface area contributed by atoms with Gasteiger partial charge in [0.1, 0.15) is 22.6 Å². The summed E-state index contributed by atoms with van der Waals surface area (Å²) in [6.07, 6.45) is 7.52. The number of fused-ring (bicyclic) bond motifs is 3. The van der Waals surface area contributed by atoms with Crippen molar-refractivity contribution in [2.24, 2.45) is 16.7 Å². The monoisotopic (exact) mass is 919 g/mol. The number of allylic oxidation sites excluding steroid dienone is 2. The summed E-state index contributed by atoms with van der Waals surface area (Å²) >= 11 is 0. The van der Waals surface area contributed by atoms with Crippen molar-refractivity contribution in [3.8, 4) is 22.4 Å². The average Bonchev–Trinajstić information content (AvgIpc) is 3.80. The van der Waals surface area contributed by atoms with Gasteiger partial charge in [-0.05, 0) is 67.6 Å². The summed E-state index contributed by atoms with van der Waals surface area (Å²) in [4.78, 5) is 17.2. The summed E-state index contributed by atoms with van der Waals surface area (Å²) in [5.41, 5.74) is 8.51. The van der Waals surface area contributed by atoms with Gasteiger partial charge < -0.3 is 13.9 Å². The Morgan fingerprint density at radius 2 is 1.49 bits per heavy atom. The van der Waals surface area contributed by atoms with E-state index in [1.165, 1.54) is 22.6 Å². The first-order valence-corrected chi connectivity index (χ1v) is 19.8. The molecule has 0 aliphatic heterocycles. The molecule has 0 amide bonds. The SMILES string of the molecule is CCC(C)(CC)C(=O)/C=C(\O)C(C)(CC)CC.Cc1cc2nc(-c3[c-]c4ccccc4c(C(C)(C)C)c3)cc(-c3ccc(CC(C)C)c4occc34)c2o1.[Ir]. The van der Waals surface area contributed by atoms with E-state index in [0.717, 1.165) is 87.7 Å². The first kappa shape index (κ1) is 43.7. The molecule has 0 fully saturated rings. The molecular formula is C49H60IrNO4-. The molecule has 3 aromatic carbocycles. The van der Waals surface area contributed by atoms with Crippen molar-refractivity contribution in [1.82, 2.24) is 4.98 Å². The fourth-order valence-corrected chi connectivity index (χ4v) is 7.11. The Hall–Kier alpha value is -3.99. The van der Waals surface area contributed by atoms with Gasteiger partial charge >= 0.3 is 0 Å². The number of benzene rings is 3. The van der Waals surface area contributed by atoms with Gasteiger partial charge in [0.2, 0.25) is 0 Å². The van der Waals surface area contributed by atoms with Crippen LogP contribution in [0.15, 0.2) is 87.6 Å². The Morgan fingerprint density at radius 3 is 2.11 bits per heavy atom. The van der Waals surface area contributed by atoms with Crippen LogP contribution in [-0.2, 0) is 36.7 Å². The molecule has 6 aromatic rings. The van der Waals surface area contributed by atoms with Crippen molar-refractivity contribution in [2.45, 2.75) is 121 Å². The number of nitrogens with zero attached hydrogens (tertiary/aromatic N) is 1. The summed E-state index contributed by atoms with van der Waals surface area (Å²) in [6, 6.07) is 25.1. The molecule has 6 heteroatoms. The van der Waals surface area contributed by atoms with Crippen LogP contribution in [0.5, 0.6) is 0 Å². The second-order valence-corrected chi connectivity index (χ2v) is 17.0. The van der Waals surface area contributed by atoms with E-state index in [1.807, 2.05) is 54.5 Å². The number of aliphatic hydroxyl groups is 1. The number of hydrogen-bond donors (Lipinski definition) is 1. The van der Waals surface area contributed by atoms with E-state index in [2.05, 4.69) is 95.3 Å². The Kier molecular flexibility index (Phi) is 13.9. The molecule has 0 unspecified atom stereocenters. The molecule has 1 radical (unpaired) electrons. The van der Waals surface area contributed by atoms with Crippen LogP contribution in [0.25, 0.3) is 55.2 Å². The maximum absolute atomic E-state index is 12.2. The minimum Gasteiger partial charge on any atom is -0.512 e. The van der Waals surface area contributed by atoms with Crippen molar-refractivity contribution < 1.29 is 38.8 Å². The normalized spacial score (nSPS) is 12.6. The Balaban J connectivity index is 0.000000320. The number of aryl methyl sites for hydroxylation is 1. The van der Waals surface area contributed by atoms with Gasteiger partial charge in [-0.1, -0.05) is 124 Å². The van der Waals surface area contributed by atoms with Gasteiger partial charge in [-0.3, -0.25) is 9.78 Å². The number of pyridine rings is 1. The summed E-state index contributed by atoms with van der Waals surface area (Å²) in [6.45, 7) is 25.3. The molecule has 55 heavy (non-hydrogen) atoms. The van der Waals surface area contributed by atoms with Crippen molar-refractivity contribution in [3.63, 3.8) is 0 Å². The van der Waals surface area contributed by atoms with E-state index in [1.54, 1.807) is 6.26 Å². The number of ketones is 1. The van der Waals surface area contributed by atoms with Gasteiger partial charge in [-0.2, -0.15) is 0 Å². The molecule has 295 valence electrons. The molecular weight excluding hydrogens is 859 g/mol. The van der Waals surface area contributed by atoms with Crippen LogP contribution >= 0.6 is 0 Å². The minimum absolute atomic E-state index is 0. The molecule has 0 saturated carbocycles. The van der Waals surface area contributed by atoms with Crippen LogP contribution in [0.4, 0.5) is 0 Å². The number of rotatable bonds is 11. The fraction of sp³-hybridized carbons (Fsp3) is 0.429. The zero-order valence-corrected chi connectivity index (χ0v) is 37.4. The molecule has 3 aromatic heterocycles. The van der Waals surface area contributed by atoms with E-state index < -0.39 is 0 Å². The molecule has 5 nitrogen and oxygen atoms in total. The third-order valence-corrected chi connectivity index (χ3v) is 11.7. The largest absolute Gasteiger partial charge is 0.512 e. The summed E-state index contributed by atoms with van der Waals surface area (Å²) in [7, 11) is 0. The maximum Gasteiger partial charge on any atom is 0.164 e. The van der Waals surface area contributed by atoms with Gasteiger partial charge in [0.05, 0.1) is 6.26 Å². The van der Waals surface area contributed by atoms with Gasteiger partial charge in [0.15, 0.2) is 11.4 Å². The molecule has 1 N–H and O–H groups in total.